The van der Waals surface area contributed by atoms with Crippen molar-refractivity contribution in [1.82, 2.24) is 0 Å². The largest absolute Gasteiger partial charge is 0.464 e. The molecule has 1 heterocycles. The van der Waals surface area contributed by atoms with Gasteiger partial charge in [0, 0.05) is 11.3 Å². The van der Waals surface area contributed by atoms with Crippen molar-refractivity contribution in [2.45, 2.75) is 26.4 Å². The number of rotatable bonds is 2. The van der Waals surface area contributed by atoms with E-state index in [2.05, 4.69) is 5.32 Å². The molecule has 2 aromatic rings. The molecule has 0 unspecified atom stereocenters. The predicted molar refractivity (Wildman–Crippen MR) is 74.0 cm³/mol. The summed E-state index contributed by atoms with van der Waals surface area (Å²) in [6.45, 7) is 5.48. The number of furan rings is 1. The van der Waals surface area contributed by atoms with Crippen LogP contribution in [-0.4, -0.2) is 11.7 Å². The predicted octanol–water partition coefficient (Wildman–Crippen LogP) is 4.29. The van der Waals surface area contributed by atoms with E-state index in [0.29, 0.717) is 5.69 Å². The topological polar surface area (TPSA) is 51.5 Å². The Morgan fingerprint density at radius 2 is 2.00 bits per heavy atom. The van der Waals surface area contributed by atoms with E-state index in [-0.39, 0.29) is 0 Å². The minimum atomic E-state index is -0.511. The second kappa shape index (κ2) is 5.18. The van der Waals surface area contributed by atoms with Crippen LogP contribution in [0.2, 0.25) is 0 Å². The Balaban J connectivity index is 2.10. The maximum atomic E-state index is 11.7. The molecule has 0 saturated carbocycles. The summed E-state index contributed by atoms with van der Waals surface area (Å²) in [4.78, 5) is 11.7. The summed E-state index contributed by atoms with van der Waals surface area (Å²) in [6.07, 6.45) is 1.15. The van der Waals surface area contributed by atoms with Crippen LogP contribution in [0, 0.1) is 0 Å². The molecule has 0 aliphatic carbocycles. The summed E-state index contributed by atoms with van der Waals surface area (Å²) in [5, 5.41) is 2.70. The zero-order valence-electron chi connectivity index (χ0n) is 11.3. The lowest BCUT2D eigenvalue weighted by Gasteiger charge is -2.19. The van der Waals surface area contributed by atoms with Gasteiger partial charge in [0.15, 0.2) is 0 Å². The van der Waals surface area contributed by atoms with Crippen molar-refractivity contribution in [2.24, 2.45) is 0 Å². The van der Waals surface area contributed by atoms with E-state index in [4.69, 9.17) is 9.15 Å². The molecule has 1 amide bonds. The molecule has 0 saturated heterocycles. The van der Waals surface area contributed by atoms with Crippen molar-refractivity contribution < 1.29 is 13.9 Å². The number of carbonyl (C=O) groups is 1. The second-order valence-corrected chi connectivity index (χ2v) is 5.18. The molecular formula is C15H17NO3. The highest BCUT2D eigenvalue weighted by molar-refractivity contribution is 5.85. The van der Waals surface area contributed by atoms with Crippen LogP contribution in [0.1, 0.15) is 20.8 Å². The Morgan fingerprint density at radius 1 is 1.21 bits per heavy atom. The lowest BCUT2D eigenvalue weighted by atomic mass is 10.1. The maximum absolute atomic E-state index is 11.7. The fourth-order valence-corrected chi connectivity index (χ4v) is 1.61. The first-order valence-electron chi connectivity index (χ1n) is 6.08. The highest BCUT2D eigenvalue weighted by Gasteiger charge is 2.16. The minimum absolute atomic E-state index is 0.468. The van der Waals surface area contributed by atoms with Gasteiger partial charge in [-0.1, -0.05) is 12.1 Å². The molecule has 0 radical (unpaired) electrons. The van der Waals surface area contributed by atoms with Gasteiger partial charge in [-0.3, -0.25) is 5.32 Å². The van der Waals surface area contributed by atoms with Crippen LogP contribution in [0.15, 0.2) is 47.1 Å². The summed E-state index contributed by atoms with van der Waals surface area (Å²) in [5.41, 5.74) is 1.06. The van der Waals surface area contributed by atoms with Crippen LogP contribution >= 0.6 is 0 Å². The van der Waals surface area contributed by atoms with Gasteiger partial charge < -0.3 is 9.15 Å². The van der Waals surface area contributed by atoms with E-state index in [1.54, 1.807) is 12.3 Å². The average Bonchev–Trinajstić information content (AvgIpc) is 2.79. The number of hydrogen-bond donors (Lipinski definition) is 1. The summed E-state index contributed by atoms with van der Waals surface area (Å²) < 4.78 is 10.5. The third-order valence-electron chi connectivity index (χ3n) is 2.31. The fourth-order valence-electron chi connectivity index (χ4n) is 1.61. The van der Waals surface area contributed by atoms with E-state index in [1.165, 1.54) is 0 Å². The van der Waals surface area contributed by atoms with Gasteiger partial charge in [-0.05, 0) is 45.0 Å². The Labute approximate surface area is 112 Å². The SMILES string of the molecule is CC(C)(C)OC(=O)Nc1cccc(-c2ccco2)c1. The van der Waals surface area contributed by atoms with Gasteiger partial charge in [0.1, 0.15) is 11.4 Å². The van der Waals surface area contributed by atoms with Crippen molar-refractivity contribution in [3.63, 3.8) is 0 Å². The van der Waals surface area contributed by atoms with Gasteiger partial charge in [0.05, 0.1) is 6.26 Å². The molecule has 1 aromatic carbocycles. The van der Waals surface area contributed by atoms with Gasteiger partial charge in [-0.25, -0.2) is 4.79 Å². The van der Waals surface area contributed by atoms with Gasteiger partial charge in [0.2, 0.25) is 0 Å². The third-order valence-corrected chi connectivity index (χ3v) is 2.31. The van der Waals surface area contributed by atoms with E-state index < -0.39 is 11.7 Å². The lowest BCUT2D eigenvalue weighted by molar-refractivity contribution is 0.0636. The molecule has 0 aliphatic heterocycles. The Hall–Kier alpha value is -2.23. The Kier molecular flexibility index (Phi) is 3.60. The number of amides is 1. The molecule has 4 heteroatoms. The average molecular weight is 259 g/mol. The van der Waals surface area contributed by atoms with Crippen LogP contribution < -0.4 is 5.32 Å². The summed E-state index contributed by atoms with van der Waals surface area (Å²) in [7, 11) is 0. The van der Waals surface area contributed by atoms with E-state index in [1.807, 2.05) is 51.1 Å². The van der Waals surface area contributed by atoms with Gasteiger partial charge in [-0.2, -0.15) is 0 Å². The molecule has 0 bridgehead atoms. The molecule has 100 valence electrons. The van der Waals surface area contributed by atoms with Gasteiger partial charge in [-0.15, -0.1) is 0 Å². The number of carbonyl (C=O) groups excluding carboxylic acids is 1. The normalized spacial score (nSPS) is 11.1. The van der Waals surface area contributed by atoms with E-state index in [0.717, 1.165) is 11.3 Å². The van der Waals surface area contributed by atoms with Crippen LogP contribution in [0.25, 0.3) is 11.3 Å². The second-order valence-electron chi connectivity index (χ2n) is 5.18. The zero-order chi connectivity index (χ0) is 13.9. The van der Waals surface area contributed by atoms with Crippen molar-refractivity contribution in [2.75, 3.05) is 5.32 Å². The molecule has 1 N–H and O–H groups in total. The standard InChI is InChI=1S/C15H17NO3/c1-15(2,3)19-14(17)16-12-7-4-6-11(10-12)13-8-5-9-18-13/h4-10H,1-3H3,(H,16,17). The third kappa shape index (κ3) is 3.88. The summed E-state index contributed by atoms with van der Waals surface area (Å²) in [5.74, 6) is 0.757. The van der Waals surface area contributed by atoms with Crippen molar-refractivity contribution in [3.05, 3.63) is 42.7 Å². The van der Waals surface area contributed by atoms with Crippen LogP contribution in [0.4, 0.5) is 10.5 Å². The smallest absolute Gasteiger partial charge is 0.412 e. The van der Waals surface area contributed by atoms with Crippen LogP contribution in [0.5, 0.6) is 0 Å². The molecule has 0 atom stereocenters. The summed E-state index contributed by atoms with van der Waals surface area (Å²) in [6, 6.07) is 11.1. The first kappa shape index (κ1) is 13.2. The number of ether oxygens (including phenoxy) is 1. The van der Waals surface area contributed by atoms with Crippen molar-refractivity contribution in [1.29, 1.82) is 0 Å². The van der Waals surface area contributed by atoms with Gasteiger partial charge in [0.25, 0.3) is 0 Å². The highest BCUT2D eigenvalue weighted by atomic mass is 16.6. The molecular weight excluding hydrogens is 242 g/mol. The first-order chi connectivity index (χ1) is 8.94. The first-order valence-corrected chi connectivity index (χ1v) is 6.08. The van der Waals surface area contributed by atoms with E-state index in [9.17, 15) is 4.79 Å². The molecule has 0 fully saturated rings. The number of anilines is 1. The zero-order valence-corrected chi connectivity index (χ0v) is 11.3. The molecule has 2 rings (SSSR count). The number of nitrogens with one attached hydrogen (secondary N) is 1. The molecule has 1 aromatic heterocycles. The number of benzene rings is 1. The Bertz CT molecular complexity index is 553. The van der Waals surface area contributed by atoms with Crippen molar-refractivity contribution >= 4 is 11.8 Å². The highest BCUT2D eigenvalue weighted by Crippen LogP contribution is 2.23. The lowest BCUT2D eigenvalue weighted by Crippen LogP contribution is -2.27. The molecule has 4 nitrogen and oxygen atoms in total. The summed E-state index contributed by atoms with van der Waals surface area (Å²) >= 11 is 0. The maximum Gasteiger partial charge on any atom is 0.412 e. The molecule has 19 heavy (non-hydrogen) atoms. The monoisotopic (exact) mass is 259 g/mol. The van der Waals surface area contributed by atoms with Crippen molar-refractivity contribution in [3.8, 4) is 11.3 Å². The quantitative estimate of drug-likeness (QED) is 0.875. The minimum Gasteiger partial charge on any atom is -0.464 e. The number of hydrogen-bond acceptors (Lipinski definition) is 3. The van der Waals surface area contributed by atoms with E-state index >= 15 is 0 Å². The van der Waals surface area contributed by atoms with Gasteiger partial charge >= 0.3 is 6.09 Å². The van der Waals surface area contributed by atoms with Crippen LogP contribution in [-0.2, 0) is 4.74 Å². The fraction of sp³-hybridized carbons (Fsp3) is 0.267. The molecule has 0 aliphatic rings. The van der Waals surface area contributed by atoms with Crippen LogP contribution in [0.3, 0.4) is 0 Å². The molecule has 0 spiro atoms. The Morgan fingerprint density at radius 3 is 2.63 bits per heavy atom.